The summed E-state index contributed by atoms with van der Waals surface area (Å²) in [6, 6.07) is 3.96. The van der Waals surface area contributed by atoms with Crippen LogP contribution >= 0.6 is 11.6 Å². The molecule has 0 unspecified atom stereocenters. The molecule has 1 N–H and O–H groups in total. The average molecular weight is 401 g/mol. The van der Waals surface area contributed by atoms with Crippen LogP contribution < -0.4 is 10.1 Å². The number of anilines is 1. The van der Waals surface area contributed by atoms with Gasteiger partial charge in [-0.2, -0.15) is 5.10 Å². The van der Waals surface area contributed by atoms with Crippen LogP contribution in [-0.4, -0.2) is 27.7 Å². The highest BCUT2D eigenvalue weighted by Crippen LogP contribution is 2.45. The monoisotopic (exact) mass is 400 g/mol. The van der Waals surface area contributed by atoms with E-state index in [0.29, 0.717) is 5.69 Å². The van der Waals surface area contributed by atoms with Crippen LogP contribution in [0.4, 0.5) is 20.2 Å². The highest BCUT2D eigenvalue weighted by Gasteiger charge is 2.34. The number of nitro benzene ring substituents is 1. The van der Waals surface area contributed by atoms with Crippen molar-refractivity contribution in [1.29, 1.82) is 0 Å². The van der Waals surface area contributed by atoms with Gasteiger partial charge in [0.15, 0.2) is 0 Å². The summed E-state index contributed by atoms with van der Waals surface area (Å²) in [5, 5.41) is 17.2. The number of halogens is 3. The molecule has 8 nitrogen and oxygen atoms in total. The number of benzene rings is 1. The first-order chi connectivity index (χ1) is 12.8. The molecule has 0 aliphatic heterocycles. The molecule has 1 saturated carbocycles. The summed E-state index contributed by atoms with van der Waals surface area (Å²) in [7, 11) is 1.36. The number of amides is 1. The predicted molar refractivity (Wildman–Crippen MR) is 92.4 cm³/mol. The van der Waals surface area contributed by atoms with Crippen LogP contribution in [0.25, 0.3) is 0 Å². The molecule has 144 valence electrons. The third-order valence-electron chi connectivity index (χ3n) is 4.10. The van der Waals surface area contributed by atoms with Gasteiger partial charge in [0.1, 0.15) is 23.7 Å². The minimum Gasteiger partial charge on any atom is -0.496 e. The van der Waals surface area contributed by atoms with E-state index < -0.39 is 22.9 Å². The lowest BCUT2D eigenvalue weighted by Crippen LogP contribution is -2.21. The number of methoxy groups -OCH3 is 1. The number of rotatable bonds is 7. The Labute approximate surface area is 157 Å². The van der Waals surface area contributed by atoms with Crippen molar-refractivity contribution >= 4 is 28.9 Å². The van der Waals surface area contributed by atoms with Gasteiger partial charge in [-0.15, -0.1) is 0 Å². The Morgan fingerprint density at radius 1 is 1.52 bits per heavy atom. The Bertz CT molecular complexity index is 899. The molecular formula is C16H15ClF2N4O4. The molecule has 27 heavy (non-hydrogen) atoms. The fourth-order valence-electron chi connectivity index (χ4n) is 2.70. The molecular weight excluding hydrogens is 386 g/mol. The van der Waals surface area contributed by atoms with Crippen molar-refractivity contribution in [2.75, 3.05) is 12.4 Å². The molecule has 0 saturated heterocycles. The standard InChI is InChI=1S/C16H15ClF2N4O4/c1-27-9-4-5-10(11(6-9)23(25)26)20-12(24)7-22-15(8-2-3-8)13(17)14(21-22)16(18)19/h4-6,8,16H,2-3,7H2,1H3,(H,20,24). The summed E-state index contributed by atoms with van der Waals surface area (Å²) in [6.07, 6.45) is -1.30. The predicted octanol–water partition coefficient (Wildman–Crippen LogP) is 3.91. The first-order valence-electron chi connectivity index (χ1n) is 7.98. The molecule has 1 fully saturated rings. The summed E-state index contributed by atoms with van der Waals surface area (Å²) < 4.78 is 32.2. The highest BCUT2D eigenvalue weighted by atomic mass is 35.5. The van der Waals surface area contributed by atoms with Gasteiger partial charge in [-0.1, -0.05) is 11.6 Å². The van der Waals surface area contributed by atoms with Crippen molar-refractivity contribution in [3.63, 3.8) is 0 Å². The molecule has 0 atom stereocenters. The number of nitro groups is 1. The quantitative estimate of drug-likeness (QED) is 0.561. The largest absolute Gasteiger partial charge is 0.496 e. The number of nitrogens with one attached hydrogen (secondary N) is 1. The number of carbonyl (C=O) groups excluding carboxylic acids is 1. The zero-order valence-electron chi connectivity index (χ0n) is 14.1. The van der Waals surface area contributed by atoms with Gasteiger partial charge in [0.05, 0.1) is 28.8 Å². The molecule has 0 radical (unpaired) electrons. The van der Waals surface area contributed by atoms with Gasteiger partial charge in [0.25, 0.3) is 12.1 Å². The Kier molecular flexibility index (Phi) is 5.26. The lowest BCUT2D eigenvalue weighted by atomic mass is 10.2. The highest BCUT2D eigenvalue weighted by molar-refractivity contribution is 6.32. The Hall–Kier alpha value is -2.75. The molecule has 1 heterocycles. The molecule has 3 rings (SSSR count). The molecule has 2 aromatic rings. The molecule has 1 aliphatic carbocycles. The van der Waals surface area contributed by atoms with Gasteiger partial charge in [0.2, 0.25) is 5.91 Å². The molecule has 0 spiro atoms. The summed E-state index contributed by atoms with van der Waals surface area (Å²) >= 11 is 6.01. The van der Waals surface area contributed by atoms with E-state index in [9.17, 15) is 23.7 Å². The molecule has 1 aliphatic rings. The number of hydrogen-bond donors (Lipinski definition) is 1. The van der Waals surface area contributed by atoms with Gasteiger partial charge < -0.3 is 10.1 Å². The number of hydrogen-bond acceptors (Lipinski definition) is 5. The third kappa shape index (κ3) is 4.00. The number of nitrogens with zero attached hydrogens (tertiary/aromatic N) is 3. The van der Waals surface area contributed by atoms with Gasteiger partial charge in [0, 0.05) is 5.92 Å². The van der Waals surface area contributed by atoms with Crippen LogP contribution in [0, 0.1) is 10.1 Å². The van der Waals surface area contributed by atoms with E-state index in [1.54, 1.807) is 0 Å². The summed E-state index contributed by atoms with van der Waals surface area (Å²) in [6.45, 7) is -0.387. The maximum Gasteiger partial charge on any atom is 0.296 e. The second kappa shape index (κ2) is 7.47. The molecule has 11 heteroatoms. The zero-order chi connectivity index (χ0) is 19.7. The normalized spacial score (nSPS) is 13.7. The first kappa shape index (κ1) is 19.0. The lowest BCUT2D eigenvalue weighted by Gasteiger charge is -2.09. The molecule has 1 amide bonds. The van der Waals surface area contributed by atoms with Crippen LogP contribution in [0.2, 0.25) is 5.02 Å². The smallest absolute Gasteiger partial charge is 0.296 e. The topological polar surface area (TPSA) is 99.3 Å². The zero-order valence-corrected chi connectivity index (χ0v) is 14.9. The molecule has 1 aromatic carbocycles. The minimum atomic E-state index is -2.86. The van der Waals surface area contributed by atoms with Crippen molar-refractivity contribution in [3.05, 3.63) is 44.7 Å². The van der Waals surface area contributed by atoms with Gasteiger partial charge in [-0.05, 0) is 25.0 Å². The summed E-state index contributed by atoms with van der Waals surface area (Å²) in [5.41, 5.74) is -0.559. The van der Waals surface area contributed by atoms with Crippen LogP contribution in [0.5, 0.6) is 5.75 Å². The van der Waals surface area contributed by atoms with E-state index in [2.05, 4.69) is 10.4 Å². The number of carbonyl (C=O) groups is 1. The van der Waals surface area contributed by atoms with Gasteiger partial charge in [-0.3, -0.25) is 19.6 Å². The van der Waals surface area contributed by atoms with Crippen molar-refractivity contribution in [1.82, 2.24) is 9.78 Å². The lowest BCUT2D eigenvalue weighted by molar-refractivity contribution is -0.384. The van der Waals surface area contributed by atoms with Gasteiger partial charge >= 0.3 is 0 Å². The average Bonchev–Trinajstić information content (AvgIpc) is 3.39. The maximum atomic E-state index is 13.1. The van der Waals surface area contributed by atoms with E-state index >= 15 is 0 Å². The minimum absolute atomic E-state index is 0.0133. The number of aromatic nitrogens is 2. The van der Waals surface area contributed by atoms with Crippen molar-refractivity contribution in [3.8, 4) is 5.75 Å². The molecule has 1 aromatic heterocycles. The second-order valence-electron chi connectivity index (χ2n) is 6.01. The van der Waals surface area contributed by atoms with E-state index in [1.807, 2.05) is 0 Å². The van der Waals surface area contributed by atoms with E-state index in [1.165, 1.54) is 25.3 Å². The van der Waals surface area contributed by atoms with Crippen LogP contribution in [-0.2, 0) is 11.3 Å². The Balaban J connectivity index is 1.83. The van der Waals surface area contributed by atoms with E-state index in [-0.39, 0.29) is 34.6 Å². The van der Waals surface area contributed by atoms with E-state index in [0.717, 1.165) is 17.5 Å². The van der Waals surface area contributed by atoms with Gasteiger partial charge in [-0.25, -0.2) is 8.78 Å². The number of ether oxygens (including phenoxy) is 1. The fraction of sp³-hybridized carbons (Fsp3) is 0.375. The van der Waals surface area contributed by atoms with Crippen LogP contribution in [0.3, 0.4) is 0 Å². The number of alkyl halides is 2. The SMILES string of the molecule is COc1ccc(NC(=O)Cn2nc(C(F)F)c(Cl)c2C2CC2)c([N+](=O)[O-])c1. The van der Waals surface area contributed by atoms with Crippen molar-refractivity contribution < 1.29 is 23.2 Å². The first-order valence-corrected chi connectivity index (χ1v) is 8.36. The summed E-state index contributed by atoms with van der Waals surface area (Å²) in [5.74, 6) is -0.401. The van der Waals surface area contributed by atoms with Crippen molar-refractivity contribution in [2.24, 2.45) is 0 Å². The Morgan fingerprint density at radius 2 is 2.22 bits per heavy atom. The van der Waals surface area contributed by atoms with Crippen molar-refractivity contribution in [2.45, 2.75) is 31.7 Å². The third-order valence-corrected chi connectivity index (χ3v) is 4.48. The van der Waals surface area contributed by atoms with E-state index in [4.69, 9.17) is 16.3 Å². The van der Waals surface area contributed by atoms with Crippen LogP contribution in [0.15, 0.2) is 18.2 Å². The second-order valence-corrected chi connectivity index (χ2v) is 6.38. The summed E-state index contributed by atoms with van der Waals surface area (Å²) in [4.78, 5) is 22.9. The maximum absolute atomic E-state index is 13.1. The molecule has 0 bridgehead atoms. The fourth-order valence-corrected chi connectivity index (χ4v) is 3.07. The Morgan fingerprint density at radius 3 is 2.78 bits per heavy atom. The van der Waals surface area contributed by atoms with Crippen LogP contribution in [0.1, 0.15) is 36.6 Å².